The van der Waals surface area contributed by atoms with E-state index in [0.717, 1.165) is 5.75 Å². The van der Waals surface area contributed by atoms with Crippen LogP contribution in [0.3, 0.4) is 0 Å². The van der Waals surface area contributed by atoms with Crippen LogP contribution in [-0.4, -0.2) is 5.75 Å². The minimum atomic E-state index is 0.946. The van der Waals surface area contributed by atoms with Crippen molar-refractivity contribution in [3.05, 3.63) is 35.9 Å². The van der Waals surface area contributed by atoms with Crippen molar-refractivity contribution in [2.75, 3.05) is 5.75 Å². The molecule has 0 spiro atoms. The van der Waals surface area contributed by atoms with Gasteiger partial charge in [-0.15, -0.1) is 0 Å². The molecule has 19 heavy (non-hydrogen) atoms. The highest BCUT2D eigenvalue weighted by Crippen LogP contribution is 2.12. The molecule has 0 fully saturated rings. The zero-order valence-corrected chi connectivity index (χ0v) is 13.1. The molecule has 0 nitrogen and oxygen atoms in total. The molecule has 1 heteroatoms. The first-order valence-electron chi connectivity index (χ1n) is 8.05. The molecular weight excluding hydrogens is 248 g/mol. The maximum Gasteiger partial charge on any atom is 0.00369 e. The van der Waals surface area contributed by atoms with E-state index in [-0.39, 0.29) is 0 Å². The minimum Gasteiger partial charge on any atom is -0.0942 e. The van der Waals surface area contributed by atoms with E-state index in [4.69, 9.17) is 12.6 Å². The maximum atomic E-state index is 4.95. The standard InChI is InChI=1S/C18H29S/c19-17-13-8-6-4-2-1-3-5-7-10-14-18-15-11-9-12-16-18/h9,11-12,15-16H,1-8,10,13-14,17H2. The predicted octanol–water partition coefficient (Wildman–Crippen LogP) is 6.33. The molecule has 0 heterocycles. The van der Waals surface area contributed by atoms with Gasteiger partial charge >= 0.3 is 0 Å². The van der Waals surface area contributed by atoms with Crippen LogP contribution in [0, 0.1) is 0 Å². The highest BCUT2D eigenvalue weighted by Gasteiger charge is 1.94. The number of hydrogen-bond acceptors (Lipinski definition) is 0. The zero-order chi connectivity index (χ0) is 13.6. The van der Waals surface area contributed by atoms with Crippen LogP contribution >= 0.6 is 12.6 Å². The second-order valence-corrected chi connectivity index (χ2v) is 5.88. The van der Waals surface area contributed by atoms with Crippen molar-refractivity contribution >= 4 is 12.6 Å². The van der Waals surface area contributed by atoms with E-state index in [1.165, 1.54) is 76.2 Å². The monoisotopic (exact) mass is 277 g/mol. The molecule has 0 bridgehead atoms. The van der Waals surface area contributed by atoms with Crippen molar-refractivity contribution in [1.29, 1.82) is 0 Å². The lowest BCUT2D eigenvalue weighted by Gasteiger charge is -2.03. The summed E-state index contributed by atoms with van der Waals surface area (Å²) in [6.45, 7) is 0. The van der Waals surface area contributed by atoms with Crippen LogP contribution < -0.4 is 0 Å². The summed E-state index contributed by atoms with van der Waals surface area (Å²) < 4.78 is 0. The zero-order valence-electron chi connectivity index (χ0n) is 12.3. The van der Waals surface area contributed by atoms with Gasteiger partial charge in [0, 0.05) is 5.75 Å². The fourth-order valence-electron chi connectivity index (χ4n) is 2.49. The Morgan fingerprint density at radius 2 is 1.05 bits per heavy atom. The lowest BCUT2D eigenvalue weighted by Crippen LogP contribution is -1.86. The van der Waals surface area contributed by atoms with Crippen molar-refractivity contribution in [2.24, 2.45) is 0 Å². The highest BCUT2D eigenvalue weighted by atomic mass is 32.1. The average Bonchev–Trinajstić information content (AvgIpc) is 2.46. The van der Waals surface area contributed by atoms with Crippen molar-refractivity contribution in [3.8, 4) is 0 Å². The summed E-state index contributed by atoms with van der Waals surface area (Å²) >= 11 is 4.95. The molecule has 0 aromatic heterocycles. The number of aryl methyl sites for hydroxylation is 1. The lowest BCUT2D eigenvalue weighted by molar-refractivity contribution is 0.557. The van der Waals surface area contributed by atoms with Crippen molar-refractivity contribution in [1.82, 2.24) is 0 Å². The third kappa shape index (κ3) is 10.1. The first-order valence-corrected chi connectivity index (χ1v) is 8.63. The summed E-state index contributed by atoms with van der Waals surface area (Å²) in [5, 5.41) is 0. The van der Waals surface area contributed by atoms with Crippen LogP contribution in [0.4, 0.5) is 0 Å². The molecule has 0 aliphatic heterocycles. The van der Waals surface area contributed by atoms with Crippen molar-refractivity contribution in [3.63, 3.8) is 0 Å². The summed E-state index contributed by atoms with van der Waals surface area (Å²) in [5.74, 6) is 0.946. The molecule has 0 unspecified atom stereocenters. The maximum absolute atomic E-state index is 4.95. The van der Waals surface area contributed by atoms with E-state index < -0.39 is 0 Å². The molecule has 0 saturated carbocycles. The normalized spacial score (nSPS) is 10.8. The largest absolute Gasteiger partial charge is 0.0942 e. The summed E-state index contributed by atoms with van der Waals surface area (Å²) in [5.41, 5.74) is 1.49. The van der Waals surface area contributed by atoms with Gasteiger partial charge in [-0.05, 0) is 24.8 Å². The Morgan fingerprint density at radius 1 is 0.579 bits per heavy atom. The number of unbranched alkanes of at least 4 members (excludes halogenated alkanes) is 9. The smallest absolute Gasteiger partial charge is 0.00369 e. The van der Waals surface area contributed by atoms with Gasteiger partial charge in [-0.1, -0.05) is 94.3 Å². The van der Waals surface area contributed by atoms with Gasteiger partial charge in [0.2, 0.25) is 0 Å². The van der Waals surface area contributed by atoms with Gasteiger partial charge in [-0.3, -0.25) is 0 Å². The fraction of sp³-hybridized carbons (Fsp3) is 0.667. The van der Waals surface area contributed by atoms with E-state index in [9.17, 15) is 0 Å². The molecule has 107 valence electrons. The van der Waals surface area contributed by atoms with E-state index in [0.29, 0.717) is 0 Å². The molecule has 0 saturated heterocycles. The molecule has 0 amide bonds. The third-order valence-corrected chi connectivity index (χ3v) is 3.99. The van der Waals surface area contributed by atoms with Crippen LogP contribution in [0.15, 0.2) is 30.3 Å². The Morgan fingerprint density at radius 3 is 1.58 bits per heavy atom. The van der Waals surface area contributed by atoms with Crippen LogP contribution in [0.25, 0.3) is 0 Å². The van der Waals surface area contributed by atoms with Gasteiger partial charge < -0.3 is 0 Å². The highest BCUT2D eigenvalue weighted by molar-refractivity contribution is 7.80. The lowest BCUT2D eigenvalue weighted by atomic mass is 10.0. The second kappa shape index (κ2) is 12.6. The van der Waals surface area contributed by atoms with E-state index in [1.54, 1.807) is 0 Å². The Labute approximate surface area is 125 Å². The van der Waals surface area contributed by atoms with Gasteiger partial charge in [0.05, 0.1) is 0 Å². The molecule has 0 N–H and O–H groups in total. The molecule has 1 aromatic carbocycles. The van der Waals surface area contributed by atoms with Crippen LogP contribution in [-0.2, 0) is 6.42 Å². The molecule has 0 aliphatic carbocycles. The Hall–Kier alpha value is -0.430. The van der Waals surface area contributed by atoms with Crippen molar-refractivity contribution < 1.29 is 0 Å². The summed E-state index contributed by atoms with van der Waals surface area (Å²) in [6, 6.07) is 10.9. The Balaban J connectivity index is 1.79. The quantitative estimate of drug-likeness (QED) is 0.392. The van der Waals surface area contributed by atoms with Gasteiger partial charge in [-0.2, -0.15) is 0 Å². The summed E-state index contributed by atoms with van der Waals surface area (Å²) in [7, 11) is 0. The molecule has 1 aromatic rings. The average molecular weight is 277 g/mol. The number of rotatable bonds is 12. The number of benzene rings is 1. The minimum absolute atomic E-state index is 0.946. The number of hydrogen-bond donors (Lipinski definition) is 0. The molecule has 0 atom stereocenters. The summed E-state index contributed by atoms with van der Waals surface area (Å²) in [4.78, 5) is 0. The first kappa shape index (κ1) is 16.6. The summed E-state index contributed by atoms with van der Waals surface area (Å²) in [6.07, 6.45) is 15.1. The molecular formula is C18H29S. The van der Waals surface area contributed by atoms with Crippen LogP contribution in [0.2, 0.25) is 0 Å². The molecule has 1 radical (unpaired) electrons. The van der Waals surface area contributed by atoms with E-state index >= 15 is 0 Å². The Bertz CT molecular complexity index is 281. The van der Waals surface area contributed by atoms with Gasteiger partial charge in [0.1, 0.15) is 0 Å². The first-order chi connectivity index (χ1) is 9.43. The van der Waals surface area contributed by atoms with Crippen LogP contribution in [0.5, 0.6) is 0 Å². The van der Waals surface area contributed by atoms with Gasteiger partial charge in [0.25, 0.3) is 0 Å². The van der Waals surface area contributed by atoms with E-state index in [1.807, 2.05) is 0 Å². The Kier molecular flexibility index (Phi) is 11.0. The van der Waals surface area contributed by atoms with Crippen molar-refractivity contribution in [2.45, 2.75) is 70.6 Å². The van der Waals surface area contributed by atoms with Gasteiger partial charge in [0.15, 0.2) is 0 Å². The predicted molar refractivity (Wildman–Crippen MR) is 88.8 cm³/mol. The van der Waals surface area contributed by atoms with Crippen LogP contribution in [0.1, 0.15) is 69.8 Å². The SMILES string of the molecule is [S]CCCCCCCCCCCCc1ccccc1. The molecule has 1 rings (SSSR count). The fourth-order valence-corrected chi connectivity index (χ4v) is 2.69. The third-order valence-electron chi connectivity index (χ3n) is 3.70. The molecule has 0 aliphatic rings. The topological polar surface area (TPSA) is 0 Å². The van der Waals surface area contributed by atoms with E-state index in [2.05, 4.69) is 30.3 Å². The second-order valence-electron chi connectivity index (χ2n) is 5.48. The van der Waals surface area contributed by atoms with Gasteiger partial charge in [-0.25, -0.2) is 0 Å².